The molecule has 0 aliphatic heterocycles. The second-order valence-electron chi connectivity index (χ2n) is 4.40. The molecule has 0 atom stereocenters. The molecule has 1 aromatic carbocycles. The van der Waals surface area contributed by atoms with E-state index in [1.807, 2.05) is 29.1 Å². The van der Waals surface area contributed by atoms with Gasteiger partial charge in [-0.3, -0.25) is 0 Å². The molecule has 4 nitrogen and oxygen atoms in total. The van der Waals surface area contributed by atoms with Gasteiger partial charge in [0, 0.05) is 31.4 Å². The van der Waals surface area contributed by atoms with E-state index in [-0.39, 0.29) is 4.90 Å². The Morgan fingerprint density at radius 1 is 1.10 bits per heavy atom. The van der Waals surface area contributed by atoms with E-state index in [1.54, 1.807) is 24.3 Å². The molecule has 2 aromatic rings. The smallest absolute Gasteiger partial charge is 0.240 e. The van der Waals surface area contributed by atoms with Gasteiger partial charge in [0.1, 0.15) is 0 Å². The van der Waals surface area contributed by atoms with Gasteiger partial charge in [0.25, 0.3) is 0 Å². The summed E-state index contributed by atoms with van der Waals surface area (Å²) in [6.07, 6.45) is 4.54. The van der Waals surface area contributed by atoms with E-state index in [0.717, 1.165) is 12.0 Å². The summed E-state index contributed by atoms with van der Waals surface area (Å²) in [5.74, 6) is 0.529. The zero-order valence-electron chi connectivity index (χ0n) is 11.0. The van der Waals surface area contributed by atoms with Crippen LogP contribution in [0.15, 0.2) is 53.7 Å². The molecule has 0 saturated carbocycles. The Morgan fingerprint density at radius 3 is 2.35 bits per heavy atom. The van der Waals surface area contributed by atoms with Gasteiger partial charge in [0.05, 0.1) is 4.90 Å². The molecule has 0 bridgehead atoms. The Labute approximate surface area is 124 Å². The third-order valence-corrected chi connectivity index (χ3v) is 4.61. The molecule has 2 rings (SSSR count). The first kappa shape index (κ1) is 15.1. The van der Waals surface area contributed by atoms with E-state index in [1.165, 1.54) is 0 Å². The summed E-state index contributed by atoms with van der Waals surface area (Å²) < 4.78 is 28.7. The van der Waals surface area contributed by atoms with Crippen LogP contribution in [-0.4, -0.2) is 25.4 Å². The highest BCUT2D eigenvalue weighted by Crippen LogP contribution is 2.11. The number of nitrogens with one attached hydrogen (secondary N) is 1. The number of rotatable bonds is 7. The number of alkyl halides is 1. The Balaban J connectivity index is 1.95. The van der Waals surface area contributed by atoms with Crippen LogP contribution in [-0.2, 0) is 23.0 Å². The lowest BCUT2D eigenvalue weighted by Gasteiger charge is -2.08. The van der Waals surface area contributed by atoms with Crippen LogP contribution in [0.5, 0.6) is 0 Å². The number of hydrogen-bond donors (Lipinski definition) is 1. The lowest BCUT2D eigenvalue weighted by Crippen LogP contribution is -2.27. The summed E-state index contributed by atoms with van der Waals surface area (Å²) in [6.45, 7) is 0.969. The predicted molar refractivity (Wildman–Crippen MR) is 80.5 cm³/mol. The van der Waals surface area contributed by atoms with Crippen LogP contribution in [0, 0.1) is 0 Å². The molecule has 0 unspecified atom stereocenters. The minimum absolute atomic E-state index is 0.281. The maximum Gasteiger partial charge on any atom is 0.240 e. The molecule has 6 heteroatoms. The number of halogens is 1. The molecule has 0 aliphatic rings. The van der Waals surface area contributed by atoms with E-state index < -0.39 is 10.0 Å². The molecule has 20 heavy (non-hydrogen) atoms. The largest absolute Gasteiger partial charge is 0.353 e. The topological polar surface area (TPSA) is 51.1 Å². The maximum absolute atomic E-state index is 12.1. The van der Waals surface area contributed by atoms with Crippen molar-refractivity contribution in [1.82, 2.24) is 9.29 Å². The first-order valence-electron chi connectivity index (χ1n) is 6.37. The summed E-state index contributed by atoms with van der Waals surface area (Å²) in [6, 6.07) is 10.6. The minimum Gasteiger partial charge on any atom is -0.353 e. The summed E-state index contributed by atoms with van der Waals surface area (Å²) in [7, 11) is -3.44. The highest BCUT2D eigenvalue weighted by molar-refractivity contribution is 7.89. The highest BCUT2D eigenvalue weighted by Gasteiger charge is 2.12. The molecule has 0 aliphatic carbocycles. The van der Waals surface area contributed by atoms with Crippen molar-refractivity contribution in [2.45, 2.75) is 17.9 Å². The molecule has 1 N–H and O–H groups in total. The Hall–Kier alpha value is -1.30. The fraction of sp³-hybridized carbons (Fsp3) is 0.286. The molecule has 0 spiro atoms. The van der Waals surface area contributed by atoms with Crippen molar-refractivity contribution in [3.63, 3.8) is 0 Å². The quantitative estimate of drug-likeness (QED) is 0.797. The standard InChI is InChI=1S/C14H17ClN2O2S/c15-8-7-13-3-5-14(6-4-13)20(18,19)16-9-12-17-10-1-2-11-17/h1-6,10-11,16H,7-9,12H2. The monoisotopic (exact) mass is 312 g/mol. The Bertz CT molecular complexity index is 622. The fourth-order valence-electron chi connectivity index (χ4n) is 1.86. The van der Waals surface area contributed by atoms with Gasteiger partial charge in [0.15, 0.2) is 0 Å². The van der Waals surface area contributed by atoms with Gasteiger partial charge in [-0.15, -0.1) is 11.6 Å². The molecule has 0 fully saturated rings. The van der Waals surface area contributed by atoms with Crippen molar-refractivity contribution < 1.29 is 8.42 Å². The van der Waals surface area contributed by atoms with Crippen molar-refractivity contribution >= 4 is 21.6 Å². The van der Waals surface area contributed by atoms with Crippen LogP contribution in [0.25, 0.3) is 0 Å². The van der Waals surface area contributed by atoms with Crippen LogP contribution < -0.4 is 4.72 Å². The van der Waals surface area contributed by atoms with Crippen molar-refractivity contribution in [3.05, 3.63) is 54.4 Å². The van der Waals surface area contributed by atoms with E-state index in [2.05, 4.69) is 4.72 Å². The van der Waals surface area contributed by atoms with Crippen molar-refractivity contribution in [2.24, 2.45) is 0 Å². The normalized spacial score (nSPS) is 11.7. The Kier molecular flexibility index (Phi) is 5.23. The van der Waals surface area contributed by atoms with Crippen LogP contribution >= 0.6 is 11.6 Å². The van der Waals surface area contributed by atoms with Gasteiger partial charge in [-0.05, 0) is 36.2 Å². The third-order valence-electron chi connectivity index (χ3n) is 2.95. The average Bonchev–Trinajstić information content (AvgIpc) is 2.93. The fourth-order valence-corrected chi connectivity index (χ4v) is 3.10. The first-order valence-corrected chi connectivity index (χ1v) is 8.39. The summed E-state index contributed by atoms with van der Waals surface area (Å²) in [4.78, 5) is 0.281. The van der Waals surface area contributed by atoms with Crippen LogP contribution in [0.3, 0.4) is 0 Å². The maximum atomic E-state index is 12.1. The molecule has 1 heterocycles. The number of aromatic nitrogens is 1. The van der Waals surface area contributed by atoms with Crippen LogP contribution in [0.1, 0.15) is 5.56 Å². The summed E-state index contributed by atoms with van der Waals surface area (Å²) in [5, 5.41) is 0. The van der Waals surface area contributed by atoms with E-state index in [0.29, 0.717) is 19.0 Å². The van der Waals surface area contributed by atoms with Crippen molar-refractivity contribution in [3.8, 4) is 0 Å². The second kappa shape index (κ2) is 6.92. The van der Waals surface area contributed by atoms with Gasteiger partial charge in [-0.2, -0.15) is 0 Å². The molecule has 0 amide bonds. The van der Waals surface area contributed by atoms with Crippen LogP contribution in [0.2, 0.25) is 0 Å². The first-order chi connectivity index (χ1) is 9.62. The minimum atomic E-state index is -3.44. The average molecular weight is 313 g/mol. The lowest BCUT2D eigenvalue weighted by atomic mass is 10.2. The zero-order valence-corrected chi connectivity index (χ0v) is 12.6. The molecular weight excluding hydrogens is 296 g/mol. The highest BCUT2D eigenvalue weighted by atomic mass is 35.5. The van der Waals surface area contributed by atoms with Gasteiger partial charge < -0.3 is 4.57 Å². The second-order valence-corrected chi connectivity index (χ2v) is 6.55. The zero-order chi connectivity index (χ0) is 14.4. The lowest BCUT2D eigenvalue weighted by molar-refractivity contribution is 0.573. The van der Waals surface area contributed by atoms with Gasteiger partial charge in [-0.1, -0.05) is 12.1 Å². The molecule has 1 aromatic heterocycles. The summed E-state index contributed by atoms with van der Waals surface area (Å²) >= 11 is 5.65. The third kappa shape index (κ3) is 4.10. The van der Waals surface area contributed by atoms with Crippen molar-refractivity contribution in [1.29, 1.82) is 0 Å². The van der Waals surface area contributed by atoms with E-state index >= 15 is 0 Å². The number of hydrogen-bond acceptors (Lipinski definition) is 2. The number of sulfonamides is 1. The van der Waals surface area contributed by atoms with Gasteiger partial charge in [0.2, 0.25) is 10.0 Å². The molecular formula is C14H17ClN2O2S. The molecule has 108 valence electrons. The summed E-state index contributed by atoms with van der Waals surface area (Å²) in [5.41, 5.74) is 1.03. The van der Waals surface area contributed by atoms with E-state index in [4.69, 9.17) is 11.6 Å². The number of nitrogens with zero attached hydrogens (tertiary/aromatic N) is 1. The number of benzene rings is 1. The van der Waals surface area contributed by atoms with Gasteiger partial charge >= 0.3 is 0 Å². The van der Waals surface area contributed by atoms with Crippen molar-refractivity contribution in [2.75, 3.05) is 12.4 Å². The molecule has 0 radical (unpaired) electrons. The predicted octanol–water partition coefficient (Wildman–Crippen LogP) is 2.25. The van der Waals surface area contributed by atoms with E-state index in [9.17, 15) is 8.42 Å². The number of aryl methyl sites for hydroxylation is 1. The van der Waals surface area contributed by atoms with Gasteiger partial charge in [-0.25, -0.2) is 13.1 Å². The SMILES string of the molecule is O=S(=O)(NCCn1cccc1)c1ccc(CCCl)cc1. The Morgan fingerprint density at radius 2 is 1.75 bits per heavy atom. The van der Waals surface area contributed by atoms with Crippen LogP contribution in [0.4, 0.5) is 0 Å². The molecule has 0 saturated heterocycles.